The van der Waals surface area contributed by atoms with E-state index in [-0.39, 0.29) is 0 Å². The molecule has 3 heteroatoms. The van der Waals surface area contributed by atoms with E-state index in [9.17, 15) is 4.79 Å². The molecule has 1 rings (SSSR count). The molecule has 0 saturated heterocycles. The lowest BCUT2D eigenvalue weighted by Crippen LogP contribution is -2.29. The highest BCUT2D eigenvalue weighted by molar-refractivity contribution is 5.74. The van der Waals surface area contributed by atoms with Gasteiger partial charge in [-0.3, -0.25) is 4.79 Å². The van der Waals surface area contributed by atoms with Gasteiger partial charge in [0.15, 0.2) is 6.29 Å². The van der Waals surface area contributed by atoms with E-state index in [1.807, 2.05) is 13.1 Å². The van der Waals surface area contributed by atoms with E-state index in [1.54, 1.807) is 12.3 Å². The number of aldehydes is 1. The number of aromatic nitrogens is 1. The van der Waals surface area contributed by atoms with Gasteiger partial charge in [-0.1, -0.05) is 13.3 Å². The second kappa shape index (κ2) is 5.49. The first-order valence-corrected chi connectivity index (χ1v) is 5.33. The lowest BCUT2D eigenvalue weighted by molar-refractivity contribution is 0.112. The first kappa shape index (κ1) is 11.7. The van der Waals surface area contributed by atoms with Gasteiger partial charge in [-0.05, 0) is 25.5 Å². The van der Waals surface area contributed by atoms with Crippen molar-refractivity contribution in [3.63, 3.8) is 0 Å². The minimum Gasteiger partial charge on any atom is -0.357 e. The van der Waals surface area contributed by atoms with E-state index in [0.29, 0.717) is 11.6 Å². The van der Waals surface area contributed by atoms with Gasteiger partial charge < -0.3 is 4.90 Å². The van der Waals surface area contributed by atoms with Crippen molar-refractivity contribution in [3.8, 4) is 0 Å². The number of pyridine rings is 1. The maximum atomic E-state index is 10.5. The van der Waals surface area contributed by atoms with E-state index >= 15 is 0 Å². The monoisotopic (exact) mass is 206 g/mol. The van der Waals surface area contributed by atoms with Crippen LogP contribution in [0.3, 0.4) is 0 Å². The maximum absolute atomic E-state index is 10.5. The molecular weight excluding hydrogens is 188 g/mol. The fourth-order valence-corrected chi connectivity index (χ4v) is 1.51. The molecule has 0 aromatic carbocycles. The Hall–Kier alpha value is -1.38. The molecule has 15 heavy (non-hydrogen) atoms. The third-order valence-corrected chi connectivity index (χ3v) is 2.64. The van der Waals surface area contributed by atoms with Gasteiger partial charge in [0.2, 0.25) is 0 Å². The summed E-state index contributed by atoms with van der Waals surface area (Å²) >= 11 is 0. The van der Waals surface area contributed by atoms with Gasteiger partial charge in [0.25, 0.3) is 0 Å². The van der Waals surface area contributed by atoms with Crippen molar-refractivity contribution in [1.82, 2.24) is 4.98 Å². The molecule has 1 aromatic heterocycles. The molecule has 0 bridgehead atoms. The van der Waals surface area contributed by atoms with E-state index in [0.717, 1.165) is 24.9 Å². The second-order valence-corrected chi connectivity index (χ2v) is 3.82. The molecule has 0 aliphatic heterocycles. The molecule has 1 heterocycles. The summed E-state index contributed by atoms with van der Waals surface area (Å²) in [6, 6.07) is 4.16. The van der Waals surface area contributed by atoms with E-state index in [2.05, 4.69) is 23.7 Å². The third kappa shape index (κ3) is 3.05. The standard InChI is InChI=1S/C12H18N2O/c1-4-5-10(2)14(3)12-7-6-11(9-15)8-13-12/h6-10H,4-5H2,1-3H3. The van der Waals surface area contributed by atoms with Crippen molar-refractivity contribution in [2.24, 2.45) is 0 Å². The van der Waals surface area contributed by atoms with Crippen LogP contribution in [0.5, 0.6) is 0 Å². The molecule has 1 aromatic rings. The molecule has 0 saturated carbocycles. The largest absolute Gasteiger partial charge is 0.357 e. The normalized spacial score (nSPS) is 12.2. The Bertz CT molecular complexity index is 308. The number of anilines is 1. The van der Waals surface area contributed by atoms with Crippen LogP contribution in [-0.2, 0) is 0 Å². The lowest BCUT2D eigenvalue weighted by atomic mass is 10.2. The number of hydrogen-bond acceptors (Lipinski definition) is 3. The Morgan fingerprint density at radius 1 is 1.53 bits per heavy atom. The Kier molecular flexibility index (Phi) is 4.28. The average Bonchev–Trinajstić information content (AvgIpc) is 2.28. The van der Waals surface area contributed by atoms with Gasteiger partial charge in [-0.2, -0.15) is 0 Å². The van der Waals surface area contributed by atoms with Gasteiger partial charge >= 0.3 is 0 Å². The third-order valence-electron chi connectivity index (χ3n) is 2.64. The summed E-state index contributed by atoms with van der Waals surface area (Å²) in [4.78, 5) is 16.9. The van der Waals surface area contributed by atoms with Gasteiger partial charge in [0.05, 0.1) is 0 Å². The quantitative estimate of drug-likeness (QED) is 0.694. The summed E-state index contributed by atoms with van der Waals surface area (Å²) in [5, 5.41) is 0. The molecule has 1 unspecified atom stereocenters. The molecule has 3 nitrogen and oxygen atoms in total. The number of carbonyl (C=O) groups is 1. The van der Waals surface area contributed by atoms with Crippen LogP contribution in [0.4, 0.5) is 5.82 Å². The predicted molar refractivity (Wildman–Crippen MR) is 62.4 cm³/mol. The van der Waals surface area contributed by atoms with Crippen molar-refractivity contribution in [2.45, 2.75) is 32.7 Å². The minimum absolute atomic E-state index is 0.476. The molecule has 0 radical (unpaired) electrons. The van der Waals surface area contributed by atoms with Gasteiger partial charge in [-0.15, -0.1) is 0 Å². The lowest BCUT2D eigenvalue weighted by Gasteiger charge is -2.25. The van der Waals surface area contributed by atoms with Crippen LogP contribution in [0.25, 0.3) is 0 Å². The Labute approximate surface area is 91.1 Å². The summed E-state index contributed by atoms with van der Waals surface area (Å²) in [7, 11) is 2.03. The topological polar surface area (TPSA) is 33.2 Å². The second-order valence-electron chi connectivity index (χ2n) is 3.82. The van der Waals surface area contributed by atoms with Crippen molar-refractivity contribution in [1.29, 1.82) is 0 Å². The molecule has 0 aliphatic carbocycles. The average molecular weight is 206 g/mol. The van der Waals surface area contributed by atoms with Crippen LogP contribution in [0.15, 0.2) is 18.3 Å². The zero-order valence-corrected chi connectivity index (χ0v) is 9.60. The predicted octanol–water partition coefficient (Wildman–Crippen LogP) is 2.52. The number of rotatable bonds is 5. The van der Waals surface area contributed by atoms with Gasteiger partial charge in [0.1, 0.15) is 5.82 Å². The smallest absolute Gasteiger partial charge is 0.151 e. The summed E-state index contributed by atoms with van der Waals surface area (Å²) in [6.07, 6.45) is 4.73. The fraction of sp³-hybridized carbons (Fsp3) is 0.500. The highest BCUT2D eigenvalue weighted by atomic mass is 16.1. The molecule has 0 aliphatic rings. The number of carbonyl (C=O) groups excluding carboxylic acids is 1. The molecular formula is C12H18N2O. The fourth-order valence-electron chi connectivity index (χ4n) is 1.51. The van der Waals surface area contributed by atoms with E-state index in [1.165, 1.54) is 0 Å². The Morgan fingerprint density at radius 2 is 2.27 bits per heavy atom. The molecule has 0 amide bonds. The molecule has 82 valence electrons. The van der Waals surface area contributed by atoms with Crippen LogP contribution < -0.4 is 4.90 Å². The molecule has 0 N–H and O–H groups in total. The van der Waals surface area contributed by atoms with Crippen LogP contribution in [0, 0.1) is 0 Å². The summed E-state index contributed by atoms with van der Waals surface area (Å²) in [5.74, 6) is 0.918. The zero-order valence-electron chi connectivity index (χ0n) is 9.60. The summed E-state index contributed by atoms with van der Waals surface area (Å²) < 4.78 is 0. The van der Waals surface area contributed by atoms with Crippen molar-refractivity contribution in [3.05, 3.63) is 23.9 Å². The van der Waals surface area contributed by atoms with Crippen molar-refractivity contribution >= 4 is 12.1 Å². The zero-order chi connectivity index (χ0) is 11.3. The Morgan fingerprint density at radius 3 is 2.73 bits per heavy atom. The van der Waals surface area contributed by atoms with Gasteiger partial charge in [-0.25, -0.2) is 4.98 Å². The van der Waals surface area contributed by atoms with Crippen LogP contribution in [-0.4, -0.2) is 24.4 Å². The van der Waals surface area contributed by atoms with Gasteiger partial charge in [0, 0.05) is 24.8 Å². The van der Waals surface area contributed by atoms with Crippen LogP contribution in [0.2, 0.25) is 0 Å². The highest BCUT2D eigenvalue weighted by Crippen LogP contribution is 2.14. The molecule has 0 spiro atoms. The first-order valence-electron chi connectivity index (χ1n) is 5.33. The summed E-state index contributed by atoms with van der Waals surface area (Å²) in [5.41, 5.74) is 0.621. The molecule has 0 fully saturated rings. The molecule has 1 atom stereocenters. The summed E-state index contributed by atoms with van der Waals surface area (Å²) in [6.45, 7) is 4.35. The first-order chi connectivity index (χ1) is 7.19. The van der Waals surface area contributed by atoms with E-state index in [4.69, 9.17) is 0 Å². The number of hydrogen-bond donors (Lipinski definition) is 0. The number of nitrogens with zero attached hydrogens (tertiary/aromatic N) is 2. The van der Waals surface area contributed by atoms with Crippen molar-refractivity contribution < 1.29 is 4.79 Å². The SMILES string of the molecule is CCCC(C)N(C)c1ccc(C=O)cn1. The maximum Gasteiger partial charge on any atom is 0.151 e. The van der Waals surface area contributed by atoms with Crippen molar-refractivity contribution in [2.75, 3.05) is 11.9 Å². The Balaban J connectivity index is 2.73. The van der Waals surface area contributed by atoms with Crippen LogP contribution in [0.1, 0.15) is 37.0 Å². The highest BCUT2D eigenvalue weighted by Gasteiger charge is 2.09. The van der Waals surface area contributed by atoms with E-state index < -0.39 is 0 Å². The van der Waals surface area contributed by atoms with Crippen LogP contribution >= 0.6 is 0 Å². The minimum atomic E-state index is 0.476.